The lowest BCUT2D eigenvalue weighted by Gasteiger charge is -2.06. The normalized spacial score (nSPS) is 10.1. The quantitative estimate of drug-likeness (QED) is 0.831. The lowest BCUT2D eigenvalue weighted by molar-refractivity contribution is 0.686. The van der Waals surface area contributed by atoms with Gasteiger partial charge in [-0.15, -0.1) is 0 Å². The van der Waals surface area contributed by atoms with E-state index in [9.17, 15) is 0 Å². The van der Waals surface area contributed by atoms with E-state index in [1.165, 1.54) is 11.1 Å². The summed E-state index contributed by atoms with van der Waals surface area (Å²) in [7, 11) is 0. The molecule has 2 rings (SSSR count). The van der Waals surface area contributed by atoms with Gasteiger partial charge in [0.15, 0.2) is 0 Å². The van der Waals surface area contributed by atoms with E-state index in [0.29, 0.717) is 5.69 Å². The molecule has 0 bridgehead atoms. The molecule has 0 aliphatic heterocycles. The number of nitriles is 1. The third-order valence-electron chi connectivity index (χ3n) is 2.94. The van der Waals surface area contributed by atoms with Crippen LogP contribution in [0.1, 0.15) is 22.4 Å². The smallest absolute Gasteiger partial charge is 0.140 e. The molecule has 2 aromatic rings. The molecule has 3 nitrogen and oxygen atoms in total. The number of hydrogen-bond acceptors (Lipinski definition) is 3. The maximum Gasteiger partial charge on any atom is 0.140 e. The minimum Gasteiger partial charge on any atom is -0.312 e. The average Bonchev–Trinajstić information content (AvgIpc) is 2.44. The van der Waals surface area contributed by atoms with Crippen molar-refractivity contribution in [2.75, 3.05) is 6.54 Å². The number of hydrogen-bond donors (Lipinski definition) is 1. The van der Waals surface area contributed by atoms with E-state index in [-0.39, 0.29) is 0 Å². The standard InChI is InChI=1S/C16H17N3/c1-13-3-2-4-14(9-13)5-7-18-12-15-6-8-19-16(10-15)11-17/h2-4,6,8-10,18H,5,7,12H2,1H3. The predicted molar refractivity (Wildman–Crippen MR) is 75.5 cm³/mol. The van der Waals surface area contributed by atoms with Crippen molar-refractivity contribution >= 4 is 0 Å². The number of nitrogens with one attached hydrogen (secondary N) is 1. The molecule has 1 N–H and O–H groups in total. The first-order chi connectivity index (χ1) is 9.28. The Kier molecular flexibility index (Phi) is 4.66. The summed E-state index contributed by atoms with van der Waals surface area (Å²) in [4.78, 5) is 3.95. The number of rotatable bonds is 5. The van der Waals surface area contributed by atoms with Gasteiger partial charge in [0.2, 0.25) is 0 Å². The van der Waals surface area contributed by atoms with Crippen molar-refractivity contribution in [3.05, 3.63) is 65.0 Å². The molecule has 1 heterocycles. The van der Waals surface area contributed by atoms with Gasteiger partial charge in [-0.1, -0.05) is 29.8 Å². The number of aromatic nitrogens is 1. The van der Waals surface area contributed by atoms with Gasteiger partial charge in [0, 0.05) is 12.7 Å². The lowest BCUT2D eigenvalue weighted by atomic mass is 10.1. The third-order valence-corrected chi connectivity index (χ3v) is 2.94. The Balaban J connectivity index is 1.79. The summed E-state index contributed by atoms with van der Waals surface area (Å²) in [6.07, 6.45) is 2.69. The molecule has 19 heavy (non-hydrogen) atoms. The van der Waals surface area contributed by atoms with Gasteiger partial charge in [0.25, 0.3) is 0 Å². The van der Waals surface area contributed by atoms with Crippen molar-refractivity contribution in [1.29, 1.82) is 5.26 Å². The van der Waals surface area contributed by atoms with Crippen LogP contribution < -0.4 is 5.32 Å². The fourth-order valence-corrected chi connectivity index (χ4v) is 1.98. The molecule has 0 spiro atoms. The van der Waals surface area contributed by atoms with Crippen LogP contribution in [0.2, 0.25) is 0 Å². The molecule has 0 amide bonds. The highest BCUT2D eigenvalue weighted by molar-refractivity contribution is 5.25. The van der Waals surface area contributed by atoms with Gasteiger partial charge in [-0.25, -0.2) is 4.98 Å². The van der Waals surface area contributed by atoms with E-state index < -0.39 is 0 Å². The number of pyridine rings is 1. The van der Waals surface area contributed by atoms with Crippen LogP contribution in [0.5, 0.6) is 0 Å². The topological polar surface area (TPSA) is 48.7 Å². The van der Waals surface area contributed by atoms with E-state index >= 15 is 0 Å². The summed E-state index contributed by atoms with van der Waals surface area (Å²) in [5.74, 6) is 0. The van der Waals surface area contributed by atoms with Crippen molar-refractivity contribution in [3.8, 4) is 6.07 Å². The van der Waals surface area contributed by atoms with E-state index in [4.69, 9.17) is 5.26 Å². The molecule has 0 saturated carbocycles. The zero-order valence-corrected chi connectivity index (χ0v) is 11.1. The summed E-state index contributed by atoms with van der Waals surface area (Å²) in [5.41, 5.74) is 4.21. The van der Waals surface area contributed by atoms with Crippen LogP contribution in [-0.2, 0) is 13.0 Å². The lowest BCUT2D eigenvalue weighted by Crippen LogP contribution is -2.16. The largest absolute Gasteiger partial charge is 0.312 e. The number of benzene rings is 1. The highest BCUT2D eigenvalue weighted by Gasteiger charge is 1.97. The second-order valence-electron chi connectivity index (χ2n) is 4.58. The molecule has 96 valence electrons. The molecular formula is C16H17N3. The maximum absolute atomic E-state index is 8.78. The second kappa shape index (κ2) is 6.67. The van der Waals surface area contributed by atoms with Crippen LogP contribution in [0, 0.1) is 18.3 Å². The van der Waals surface area contributed by atoms with Gasteiger partial charge in [-0.3, -0.25) is 0 Å². The van der Waals surface area contributed by atoms with Crippen LogP contribution in [-0.4, -0.2) is 11.5 Å². The van der Waals surface area contributed by atoms with E-state index in [2.05, 4.69) is 47.6 Å². The first kappa shape index (κ1) is 13.3. The first-order valence-electron chi connectivity index (χ1n) is 6.39. The fourth-order valence-electron chi connectivity index (χ4n) is 1.98. The van der Waals surface area contributed by atoms with Crippen molar-refractivity contribution in [2.24, 2.45) is 0 Å². The molecule has 1 aromatic carbocycles. The Labute approximate surface area is 113 Å². The molecule has 0 aliphatic rings. The monoisotopic (exact) mass is 251 g/mol. The van der Waals surface area contributed by atoms with Crippen molar-refractivity contribution in [1.82, 2.24) is 10.3 Å². The molecule has 1 aromatic heterocycles. The molecule has 0 aliphatic carbocycles. The summed E-state index contributed by atoms with van der Waals surface area (Å²) >= 11 is 0. The van der Waals surface area contributed by atoms with Crippen LogP contribution >= 0.6 is 0 Å². The Hall–Kier alpha value is -2.18. The zero-order chi connectivity index (χ0) is 13.5. The Morgan fingerprint density at radius 3 is 2.89 bits per heavy atom. The summed E-state index contributed by atoms with van der Waals surface area (Å²) in [6, 6.07) is 14.4. The first-order valence-corrected chi connectivity index (χ1v) is 6.39. The maximum atomic E-state index is 8.78. The third kappa shape index (κ3) is 4.20. The predicted octanol–water partition coefficient (Wildman–Crippen LogP) is 2.59. The molecule has 0 atom stereocenters. The zero-order valence-electron chi connectivity index (χ0n) is 11.1. The molecular weight excluding hydrogens is 234 g/mol. The second-order valence-corrected chi connectivity index (χ2v) is 4.58. The van der Waals surface area contributed by atoms with Crippen LogP contribution in [0.3, 0.4) is 0 Å². The van der Waals surface area contributed by atoms with Gasteiger partial charge in [-0.05, 0) is 43.1 Å². The van der Waals surface area contributed by atoms with E-state index in [1.54, 1.807) is 6.20 Å². The molecule has 0 radical (unpaired) electrons. The minimum atomic E-state index is 0.470. The molecule has 3 heteroatoms. The van der Waals surface area contributed by atoms with Gasteiger partial charge >= 0.3 is 0 Å². The Bertz CT molecular complexity index is 585. The van der Waals surface area contributed by atoms with Crippen LogP contribution in [0.25, 0.3) is 0 Å². The Morgan fingerprint density at radius 1 is 1.21 bits per heavy atom. The highest BCUT2D eigenvalue weighted by Crippen LogP contribution is 2.04. The molecule has 0 unspecified atom stereocenters. The minimum absolute atomic E-state index is 0.470. The van der Waals surface area contributed by atoms with Gasteiger partial charge < -0.3 is 5.32 Å². The SMILES string of the molecule is Cc1cccc(CCNCc2ccnc(C#N)c2)c1. The number of aryl methyl sites for hydroxylation is 1. The highest BCUT2D eigenvalue weighted by atomic mass is 14.8. The van der Waals surface area contributed by atoms with Crippen LogP contribution in [0.4, 0.5) is 0 Å². The van der Waals surface area contributed by atoms with Crippen molar-refractivity contribution < 1.29 is 0 Å². The van der Waals surface area contributed by atoms with E-state index in [0.717, 1.165) is 25.1 Å². The summed E-state index contributed by atoms with van der Waals surface area (Å²) in [6.45, 7) is 3.80. The van der Waals surface area contributed by atoms with Crippen molar-refractivity contribution in [3.63, 3.8) is 0 Å². The summed E-state index contributed by atoms with van der Waals surface area (Å²) < 4.78 is 0. The molecule has 0 fully saturated rings. The van der Waals surface area contributed by atoms with Gasteiger partial charge in [-0.2, -0.15) is 5.26 Å². The van der Waals surface area contributed by atoms with E-state index in [1.807, 2.05) is 12.1 Å². The average molecular weight is 251 g/mol. The van der Waals surface area contributed by atoms with Gasteiger partial charge in [0.1, 0.15) is 11.8 Å². The Morgan fingerprint density at radius 2 is 2.11 bits per heavy atom. The summed E-state index contributed by atoms with van der Waals surface area (Å²) in [5, 5.41) is 12.2. The van der Waals surface area contributed by atoms with Crippen LogP contribution in [0.15, 0.2) is 42.6 Å². The van der Waals surface area contributed by atoms with Gasteiger partial charge in [0.05, 0.1) is 0 Å². The van der Waals surface area contributed by atoms with Crippen molar-refractivity contribution in [2.45, 2.75) is 19.9 Å². The molecule has 0 saturated heterocycles. The fraction of sp³-hybridized carbons (Fsp3) is 0.250. The number of nitrogens with zero attached hydrogens (tertiary/aromatic N) is 2.